The number of aromatic nitrogens is 2. The second-order valence-corrected chi connectivity index (χ2v) is 4.93. The van der Waals surface area contributed by atoms with Gasteiger partial charge in [0.05, 0.1) is 24.4 Å². The summed E-state index contributed by atoms with van der Waals surface area (Å²) in [6.45, 7) is 2.04. The van der Waals surface area contributed by atoms with Crippen molar-refractivity contribution in [3.05, 3.63) is 40.8 Å². The zero-order valence-corrected chi connectivity index (χ0v) is 12.4. The molecule has 114 valence electrons. The highest BCUT2D eigenvalue weighted by Gasteiger charge is 2.24. The van der Waals surface area contributed by atoms with Crippen molar-refractivity contribution in [2.24, 2.45) is 0 Å². The molecule has 2 aromatic rings. The first kappa shape index (κ1) is 14.4. The number of amides is 1. The first-order chi connectivity index (χ1) is 10.6. The summed E-state index contributed by atoms with van der Waals surface area (Å²) in [5.41, 5.74) is 1.58. The van der Waals surface area contributed by atoms with Gasteiger partial charge < -0.3 is 14.8 Å². The summed E-state index contributed by atoms with van der Waals surface area (Å²) >= 11 is 5.94. The number of hydrogen-bond acceptors (Lipinski definition) is 5. The fourth-order valence-corrected chi connectivity index (χ4v) is 2.37. The molecule has 2 heterocycles. The lowest BCUT2D eigenvalue weighted by Crippen LogP contribution is -2.22. The summed E-state index contributed by atoms with van der Waals surface area (Å²) in [6, 6.07) is 4.96. The monoisotopic (exact) mass is 321 g/mol. The number of halogens is 1. The Bertz CT molecular complexity index is 757. The first-order valence-corrected chi connectivity index (χ1v) is 6.97. The number of fused-ring (bicyclic) bond motifs is 3. The maximum atomic E-state index is 12.1. The molecule has 0 saturated heterocycles. The molecule has 1 amide bonds. The molecule has 8 heteroatoms. The number of carbonyl (C=O) groups is 2. The van der Waals surface area contributed by atoms with Crippen LogP contribution in [0.4, 0.5) is 4.79 Å². The van der Waals surface area contributed by atoms with Crippen LogP contribution < -0.4 is 10.1 Å². The summed E-state index contributed by atoms with van der Waals surface area (Å²) in [6.07, 6.45) is 0.646. The van der Waals surface area contributed by atoms with Crippen molar-refractivity contribution in [3.8, 4) is 11.6 Å². The van der Waals surface area contributed by atoms with Gasteiger partial charge in [0.15, 0.2) is 0 Å². The molecule has 7 nitrogen and oxygen atoms in total. The molecule has 0 radical (unpaired) electrons. The molecule has 0 spiro atoms. The standard InChI is InChI=1S/C14H12ClN3O4/c1-2-21-14(20)22-13-11-6-16-12(19)9-5-8(15)3-4-10(9)18(11)7-17-13/h3-5,7H,2,6H2,1H3,(H,16,19). The summed E-state index contributed by atoms with van der Waals surface area (Å²) < 4.78 is 11.5. The molecule has 0 fully saturated rings. The lowest BCUT2D eigenvalue weighted by Gasteiger charge is -2.08. The Labute approximate surface area is 130 Å². The Morgan fingerprint density at radius 2 is 2.32 bits per heavy atom. The molecule has 0 atom stereocenters. The van der Waals surface area contributed by atoms with E-state index in [2.05, 4.69) is 10.3 Å². The van der Waals surface area contributed by atoms with Gasteiger partial charge in [-0.05, 0) is 25.1 Å². The average molecular weight is 322 g/mol. The Balaban J connectivity index is 2.03. The molecule has 1 N–H and O–H groups in total. The quantitative estimate of drug-likeness (QED) is 0.858. The van der Waals surface area contributed by atoms with Crippen molar-refractivity contribution in [1.29, 1.82) is 0 Å². The smallest absolute Gasteiger partial charge is 0.434 e. The van der Waals surface area contributed by atoms with Gasteiger partial charge in [-0.1, -0.05) is 11.6 Å². The third-order valence-electron chi connectivity index (χ3n) is 3.15. The Morgan fingerprint density at radius 3 is 3.09 bits per heavy atom. The third kappa shape index (κ3) is 2.50. The molecular weight excluding hydrogens is 310 g/mol. The summed E-state index contributed by atoms with van der Waals surface area (Å²) in [5, 5.41) is 3.18. The minimum Gasteiger partial charge on any atom is -0.434 e. The van der Waals surface area contributed by atoms with E-state index in [4.69, 9.17) is 21.1 Å². The summed E-state index contributed by atoms with van der Waals surface area (Å²) in [5.74, 6) is -0.162. The highest BCUT2D eigenvalue weighted by molar-refractivity contribution is 6.31. The molecule has 22 heavy (non-hydrogen) atoms. The van der Waals surface area contributed by atoms with Gasteiger partial charge in [-0.25, -0.2) is 9.78 Å². The van der Waals surface area contributed by atoms with E-state index in [9.17, 15) is 9.59 Å². The van der Waals surface area contributed by atoms with Crippen molar-refractivity contribution >= 4 is 23.7 Å². The molecule has 1 aromatic heterocycles. The molecule has 1 aromatic carbocycles. The average Bonchev–Trinajstić information content (AvgIpc) is 2.81. The molecule has 0 aliphatic carbocycles. The van der Waals surface area contributed by atoms with Crippen LogP contribution in [0.3, 0.4) is 0 Å². The lowest BCUT2D eigenvalue weighted by atomic mass is 10.1. The van der Waals surface area contributed by atoms with Gasteiger partial charge in [-0.2, -0.15) is 0 Å². The minimum atomic E-state index is -0.837. The number of ether oxygens (including phenoxy) is 2. The van der Waals surface area contributed by atoms with Gasteiger partial charge in [-0.3, -0.25) is 9.36 Å². The normalized spacial score (nSPS) is 12.7. The van der Waals surface area contributed by atoms with Crippen LogP contribution >= 0.6 is 11.6 Å². The number of rotatable bonds is 2. The molecule has 1 aliphatic rings. The number of carbonyl (C=O) groups excluding carboxylic acids is 2. The Hall–Kier alpha value is -2.54. The van der Waals surface area contributed by atoms with Gasteiger partial charge in [0, 0.05) is 5.02 Å². The first-order valence-electron chi connectivity index (χ1n) is 6.59. The molecule has 0 bridgehead atoms. The summed E-state index contributed by atoms with van der Waals surface area (Å²) in [7, 11) is 0. The fourth-order valence-electron chi connectivity index (χ4n) is 2.20. The minimum absolute atomic E-state index is 0.0987. The van der Waals surface area contributed by atoms with Crippen LogP contribution in [0, 0.1) is 0 Å². The van der Waals surface area contributed by atoms with E-state index in [1.165, 1.54) is 6.33 Å². The lowest BCUT2D eigenvalue weighted by molar-refractivity contribution is 0.0952. The fraction of sp³-hybridized carbons (Fsp3) is 0.214. The number of benzene rings is 1. The number of nitrogens with zero attached hydrogens (tertiary/aromatic N) is 2. The van der Waals surface area contributed by atoms with Crippen LogP contribution in [0.15, 0.2) is 24.5 Å². The molecule has 0 unspecified atom stereocenters. The zero-order chi connectivity index (χ0) is 15.7. The van der Waals surface area contributed by atoms with E-state index >= 15 is 0 Å². The maximum absolute atomic E-state index is 12.1. The van der Waals surface area contributed by atoms with Crippen LogP contribution in [0.1, 0.15) is 23.0 Å². The van der Waals surface area contributed by atoms with Gasteiger partial charge in [0.2, 0.25) is 5.88 Å². The van der Waals surface area contributed by atoms with Crippen molar-refractivity contribution in [2.75, 3.05) is 6.61 Å². The van der Waals surface area contributed by atoms with Crippen LogP contribution in [0.25, 0.3) is 5.69 Å². The zero-order valence-electron chi connectivity index (χ0n) is 11.6. The second-order valence-electron chi connectivity index (χ2n) is 4.50. The number of hydrogen-bond donors (Lipinski definition) is 1. The topological polar surface area (TPSA) is 82.4 Å². The van der Waals surface area contributed by atoms with E-state index in [0.717, 1.165) is 0 Å². The largest absolute Gasteiger partial charge is 0.515 e. The number of imidazole rings is 1. The predicted molar refractivity (Wildman–Crippen MR) is 77.4 cm³/mol. The van der Waals surface area contributed by atoms with Gasteiger partial charge in [0.1, 0.15) is 12.0 Å². The Morgan fingerprint density at radius 1 is 1.50 bits per heavy atom. The van der Waals surface area contributed by atoms with Crippen LogP contribution in [-0.2, 0) is 11.3 Å². The van der Waals surface area contributed by atoms with Crippen molar-refractivity contribution in [2.45, 2.75) is 13.5 Å². The molecule has 0 saturated carbocycles. The predicted octanol–water partition coefficient (Wildman–Crippen LogP) is 2.30. The van der Waals surface area contributed by atoms with Crippen LogP contribution in [0.5, 0.6) is 5.88 Å². The van der Waals surface area contributed by atoms with Gasteiger partial charge in [-0.15, -0.1) is 0 Å². The van der Waals surface area contributed by atoms with E-state index < -0.39 is 6.16 Å². The maximum Gasteiger partial charge on any atom is 0.515 e. The molecule has 1 aliphatic heterocycles. The highest BCUT2D eigenvalue weighted by Crippen LogP contribution is 2.27. The van der Waals surface area contributed by atoms with Crippen LogP contribution in [0.2, 0.25) is 5.02 Å². The SMILES string of the molecule is CCOC(=O)Oc1ncn2c1CNC(=O)c1cc(Cl)ccc1-2. The van der Waals surface area contributed by atoms with Gasteiger partial charge >= 0.3 is 6.16 Å². The molecular formula is C14H12ClN3O4. The van der Waals surface area contributed by atoms with E-state index in [-0.39, 0.29) is 24.9 Å². The van der Waals surface area contributed by atoms with Crippen molar-refractivity contribution in [3.63, 3.8) is 0 Å². The third-order valence-corrected chi connectivity index (χ3v) is 3.38. The van der Waals surface area contributed by atoms with E-state index in [1.54, 1.807) is 29.7 Å². The van der Waals surface area contributed by atoms with Crippen LogP contribution in [-0.4, -0.2) is 28.2 Å². The second kappa shape index (κ2) is 5.69. The summed E-state index contributed by atoms with van der Waals surface area (Å²) in [4.78, 5) is 27.6. The van der Waals surface area contributed by atoms with E-state index in [1.807, 2.05) is 0 Å². The van der Waals surface area contributed by atoms with E-state index in [0.29, 0.717) is 22.0 Å². The number of nitrogens with one attached hydrogen (secondary N) is 1. The Kier molecular flexibility index (Phi) is 3.72. The highest BCUT2D eigenvalue weighted by atomic mass is 35.5. The van der Waals surface area contributed by atoms with Crippen molar-refractivity contribution in [1.82, 2.24) is 14.9 Å². The van der Waals surface area contributed by atoms with Gasteiger partial charge in [0.25, 0.3) is 5.91 Å². The van der Waals surface area contributed by atoms with Crippen molar-refractivity contribution < 1.29 is 19.1 Å². The molecule has 3 rings (SSSR count).